The van der Waals surface area contributed by atoms with E-state index in [-0.39, 0.29) is 5.69 Å². The van der Waals surface area contributed by atoms with Crippen LogP contribution in [0.3, 0.4) is 0 Å². The van der Waals surface area contributed by atoms with Crippen molar-refractivity contribution in [2.24, 2.45) is 5.73 Å². The first-order chi connectivity index (χ1) is 6.68. The summed E-state index contributed by atoms with van der Waals surface area (Å²) < 4.78 is 0. The van der Waals surface area contributed by atoms with Crippen molar-refractivity contribution in [3.8, 4) is 0 Å². The molecule has 4 heteroatoms. The maximum absolute atomic E-state index is 11.0. The van der Waals surface area contributed by atoms with Gasteiger partial charge in [-0.05, 0) is 13.0 Å². The summed E-state index contributed by atoms with van der Waals surface area (Å²) in [7, 11) is 0. The van der Waals surface area contributed by atoms with Crippen LogP contribution in [0.25, 0.3) is 11.0 Å². The van der Waals surface area contributed by atoms with Gasteiger partial charge in [0.2, 0.25) is 0 Å². The predicted molar refractivity (Wildman–Crippen MR) is 51.6 cm³/mol. The molecule has 1 aromatic heterocycles. The van der Waals surface area contributed by atoms with E-state index in [0.717, 1.165) is 5.52 Å². The van der Waals surface area contributed by atoms with Gasteiger partial charge in [-0.15, -0.1) is 0 Å². The first kappa shape index (κ1) is 8.62. The van der Waals surface area contributed by atoms with E-state index in [1.165, 1.54) is 0 Å². The van der Waals surface area contributed by atoms with Crippen LogP contribution in [0.1, 0.15) is 16.2 Å². The number of carbonyl (C=O) groups is 1. The van der Waals surface area contributed by atoms with Crippen molar-refractivity contribution >= 4 is 16.9 Å². The Kier molecular flexibility index (Phi) is 1.89. The standard InChI is InChI=1S/C10H8N3O/c1-6-9(10(11)14)13-8-5-3-2-4-7(8)12-6/h2-4H,1H3,(H2,11,14). The van der Waals surface area contributed by atoms with Gasteiger partial charge in [-0.2, -0.15) is 0 Å². The van der Waals surface area contributed by atoms with Crippen molar-refractivity contribution in [3.05, 3.63) is 35.7 Å². The van der Waals surface area contributed by atoms with Crippen molar-refractivity contribution in [1.29, 1.82) is 0 Å². The number of aromatic nitrogens is 2. The third-order valence-corrected chi connectivity index (χ3v) is 1.90. The molecule has 1 aromatic carbocycles. The van der Waals surface area contributed by atoms with Crippen molar-refractivity contribution in [2.45, 2.75) is 6.92 Å². The molecule has 1 heterocycles. The van der Waals surface area contributed by atoms with Crippen LogP contribution in [-0.2, 0) is 0 Å². The molecule has 14 heavy (non-hydrogen) atoms. The van der Waals surface area contributed by atoms with Crippen molar-refractivity contribution in [1.82, 2.24) is 9.97 Å². The van der Waals surface area contributed by atoms with Crippen molar-refractivity contribution < 1.29 is 4.79 Å². The molecule has 0 aliphatic heterocycles. The van der Waals surface area contributed by atoms with Gasteiger partial charge < -0.3 is 5.73 Å². The molecule has 0 aliphatic rings. The number of rotatable bonds is 1. The highest BCUT2D eigenvalue weighted by Gasteiger charge is 2.09. The third kappa shape index (κ3) is 1.31. The molecule has 0 bridgehead atoms. The normalized spacial score (nSPS) is 10.4. The summed E-state index contributed by atoms with van der Waals surface area (Å²) in [5, 5.41) is 0. The van der Waals surface area contributed by atoms with Gasteiger partial charge in [0.15, 0.2) is 0 Å². The average Bonchev–Trinajstić information content (AvgIpc) is 2.16. The summed E-state index contributed by atoms with van der Waals surface area (Å²) in [6, 6.07) is 8.25. The molecule has 0 unspecified atom stereocenters. The fraction of sp³-hybridized carbons (Fsp3) is 0.100. The molecule has 4 nitrogen and oxygen atoms in total. The van der Waals surface area contributed by atoms with Gasteiger partial charge in [0.25, 0.3) is 5.91 Å². The molecule has 0 atom stereocenters. The predicted octanol–water partition coefficient (Wildman–Crippen LogP) is 0.837. The van der Waals surface area contributed by atoms with Crippen molar-refractivity contribution in [2.75, 3.05) is 0 Å². The Bertz CT molecular complexity index is 508. The molecule has 69 valence electrons. The van der Waals surface area contributed by atoms with Crippen LogP contribution in [0.2, 0.25) is 0 Å². The van der Waals surface area contributed by atoms with Gasteiger partial charge in [-0.1, -0.05) is 12.1 Å². The minimum absolute atomic E-state index is 0.208. The number of hydrogen-bond acceptors (Lipinski definition) is 3. The topological polar surface area (TPSA) is 68.9 Å². The minimum atomic E-state index is -0.561. The fourth-order valence-electron chi connectivity index (χ4n) is 1.26. The monoisotopic (exact) mass is 186 g/mol. The Morgan fingerprint density at radius 3 is 3.00 bits per heavy atom. The number of aryl methyl sites for hydroxylation is 1. The molecule has 0 fully saturated rings. The Hall–Kier alpha value is -1.97. The Balaban J connectivity index is 2.77. The lowest BCUT2D eigenvalue weighted by molar-refractivity contribution is 0.0995. The summed E-state index contributed by atoms with van der Waals surface area (Å²) in [6.07, 6.45) is 0. The lowest BCUT2D eigenvalue weighted by atomic mass is 10.2. The smallest absolute Gasteiger partial charge is 0.269 e. The number of para-hydroxylation sites is 1. The summed E-state index contributed by atoms with van der Waals surface area (Å²) in [4.78, 5) is 19.3. The number of hydrogen-bond donors (Lipinski definition) is 1. The van der Waals surface area contributed by atoms with Gasteiger partial charge in [0, 0.05) is 6.07 Å². The van der Waals surface area contributed by atoms with E-state index >= 15 is 0 Å². The largest absolute Gasteiger partial charge is 0.364 e. The van der Waals surface area contributed by atoms with Gasteiger partial charge in [-0.3, -0.25) is 4.79 Å². The number of carbonyl (C=O) groups excluding carboxylic acids is 1. The number of primary amides is 1. The molecule has 1 amide bonds. The quantitative estimate of drug-likeness (QED) is 0.717. The number of fused-ring (bicyclic) bond motifs is 1. The first-order valence-electron chi connectivity index (χ1n) is 4.13. The highest BCUT2D eigenvalue weighted by atomic mass is 16.1. The molecular weight excluding hydrogens is 178 g/mol. The third-order valence-electron chi connectivity index (χ3n) is 1.90. The van der Waals surface area contributed by atoms with E-state index in [4.69, 9.17) is 5.73 Å². The molecule has 0 saturated carbocycles. The van der Waals surface area contributed by atoms with Gasteiger partial charge >= 0.3 is 0 Å². The first-order valence-corrected chi connectivity index (χ1v) is 4.13. The molecule has 2 aromatic rings. The summed E-state index contributed by atoms with van der Waals surface area (Å²) in [5.74, 6) is -0.561. The van der Waals surface area contributed by atoms with Gasteiger partial charge in [-0.25, -0.2) is 9.97 Å². The molecule has 0 aliphatic carbocycles. The van der Waals surface area contributed by atoms with E-state index in [1.807, 2.05) is 12.1 Å². The lowest BCUT2D eigenvalue weighted by Gasteiger charge is -2.01. The van der Waals surface area contributed by atoms with Crippen LogP contribution in [0.15, 0.2) is 18.2 Å². The maximum Gasteiger partial charge on any atom is 0.269 e. The Morgan fingerprint density at radius 2 is 2.29 bits per heavy atom. The lowest BCUT2D eigenvalue weighted by Crippen LogP contribution is -2.15. The SMILES string of the molecule is Cc1nc2ccc[c]c2nc1C(N)=O. The molecule has 0 spiro atoms. The summed E-state index contributed by atoms with van der Waals surface area (Å²) in [5.41, 5.74) is 7.18. The van der Waals surface area contributed by atoms with Crippen LogP contribution in [0, 0.1) is 13.0 Å². The number of nitrogens with zero attached hydrogens (tertiary/aromatic N) is 2. The highest BCUT2D eigenvalue weighted by molar-refractivity contribution is 5.93. The number of benzene rings is 1. The van der Waals surface area contributed by atoms with Crippen LogP contribution in [-0.4, -0.2) is 15.9 Å². The summed E-state index contributed by atoms with van der Waals surface area (Å²) in [6.45, 7) is 1.71. The number of nitrogens with two attached hydrogens (primary N) is 1. The molecule has 0 saturated heterocycles. The van der Waals surface area contributed by atoms with Crippen LogP contribution < -0.4 is 5.73 Å². The van der Waals surface area contributed by atoms with Gasteiger partial charge in [0.1, 0.15) is 5.69 Å². The molecular formula is C10H8N3O. The van der Waals surface area contributed by atoms with E-state index in [2.05, 4.69) is 16.0 Å². The molecule has 2 N–H and O–H groups in total. The summed E-state index contributed by atoms with van der Waals surface area (Å²) >= 11 is 0. The average molecular weight is 186 g/mol. The molecule has 1 radical (unpaired) electrons. The van der Waals surface area contributed by atoms with Crippen LogP contribution >= 0.6 is 0 Å². The zero-order valence-electron chi connectivity index (χ0n) is 7.61. The highest BCUT2D eigenvalue weighted by Crippen LogP contribution is 2.10. The second-order valence-electron chi connectivity index (χ2n) is 2.93. The van der Waals surface area contributed by atoms with Crippen molar-refractivity contribution in [3.63, 3.8) is 0 Å². The van der Waals surface area contributed by atoms with E-state index < -0.39 is 5.91 Å². The Morgan fingerprint density at radius 1 is 1.50 bits per heavy atom. The van der Waals surface area contributed by atoms with Crippen LogP contribution in [0.4, 0.5) is 0 Å². The second-order valence-corrected chi connectivity index (χ2v) is 2.93. The Labute approximate surface area is 80.8 Å². The second kappa shape index (κ2) is 3.06. The number of amides is 1. The van der Waals surface area contributed by atoms with Crippen LogP contribution in [0.5, 0.6) is 0 Å². The zero-order chi connectivity index (χ0) is 10.1. The maximum atomic E-state index is 11.0. The van der Waals surface area contributed by atoms with Gasteiger partial charge in [0.05, 0.1) is 16.7 Å². The van der Waals surface area contributed by atoms with E-state index in [0.29, 0.717) is 11.2 Å². The fourth-order valence-corrected chi connectivity index (χ4v) is 1.26. The zero-order valence-corrected chi connectivity index (χ0v) is 7.61. The van der Waals surface area contributed by atoms with E-state index in [9.17, 15) is 4.79 Å². The molecule has 2 rings (SSSR count). The minimum Gasteiger partial charge on any atom is -0.364 e. The van der Waals surface area contributed by atoms with E-state index in [1.54, 1.807) is 13.0 Å².